The number of methoxy groups -OCH3 is 1. The van der Waals surface area contributed by atoms with E-state index in [4.69, 9.17) is 16.3 Å². The number of rotatable bonds is 4. The van der Waals surface area contributed by atoms with Crippen LogP contribution in [0.5, 0.6) is 5.75 Å². The van der Waals surface area contributed by atoms with Crippen molar-refractivity contribution in [2.24, 2.45) is 0 Å². The molecule has 1 heterocycles. The normalized spacial score (nSPS) is 10.3. The number of hydrogen-bond donors (Lipinski definition) is 1. The van der Waals surface area contributed by atoms with E-state index in [2.05, 4.69) is 26.2 Å². The second-order valence-corrected chi connectivity index (χ2v) is 5.32. The molecule has 0 saturated carbocycles. The van der Waals surface area contributed by atoms with Crippen molar-refractivity contribution in [2.75, 3.05) is 12.4 Å². The van der Waals surface area contributed by atoms with Gasteiger partial charge in [0.25, 0.3) is 0 Å². The van der Waals surface area contributed by atoms with Crippen LogP contribution in [0.3, 0.4) is 0 Å². The van der Waals surface area contributed by atoms with Crippen molar-refractivity contribution in [2.45, 2.75) is 13.5 Å². The summed E-state index contributed by atoms with van der Waals surface area (Å²) in [6, 6.07) is 7.79. The number of hydrogen-bond acceptors (Lipinski definition) is 3. The van der Waals surface area contributed by atoms with Gasteiger partial charge in [-0.1, -0.05) is 27.5 Å². The molecule has 2 aromatic rings. The summed E-state index contributed by atoms with van der Waals surface area (Å²) in [5.74, 6) is 0.828. The molecule has 0 atom stereocenters. The molecular formula is C14H14BrClN2O. The lowest BCUT2D eigenvalue weighted by Gasteiger charge is -2.12. The summed E-state index contributed by atoms with van der Waals surface area (Å²) in [7, 11) is 1.66. The van der Waals surface area contributed by atoms with E-state index in [9.17, 15) is 0 Å². The second kappa shape index (κ2) is 6.26. The second-order valence-electron chi connectivity index (χ2n) is 4.10. The van der Waals surface area contributed by atoms with Gasteiger partial charge in [0.1, 0.15) is 5.75 Å². The fraction of sp³-hybridized carbons (Fsp3) is 0.214. The molecule has 0 saturated heterocycles. The van der Waals surface area contributed by atoms with Gasteiger partial charge >= 0.3 is 0 Å². The van der Waals surface area contributed by atoms with E-state index in [1.165, 1.54) is 0 Å². The van der Waals surface area contributed by atoms with Crippen LogP contribution < -0.4 is 10.1 Å². The van der Waals surface area contributed by atoms with E-state index >= 15 is 0 Å². The van der Waals surface area contributed by atoms with Crippen molar-refractivity contribution < 1.29 is 4.74 Å². The van der Waals surface area contributed by atoms with Crippen LogP contribution in [-0.4, -0.2) is 12.1 Å². The van der Waals surface area contributed by atoms with E-state index in [1.807, 2.05) is 31.2 Å². The Bertz CT molecular complexity index is 569. The SMILES string of the molecule is COc1ccc(Br)c(CNc2c(C)ccnc2Cl)c1. The third-order valence-electron chi connectivity index (χ3n) is 2.82. The standard InChI is InChI=1S/C14H14BrClN2O/c1-9-5-6-17-14(16)13(9)18-8-10-7-11(19-2)3-4-12(10)15/h3-7,18H,8H2,1-2H3. The Kier molecular flexibility index (Phi) is 4.66. The Morgan fingerprint density at radius 2 is 2.16 bits per heavy atom. The highest BCUT2D eigenvalue weighted by Gasteiger charge is 2.07. The molecule has 19 heavy (non-hydrogen) atoms. The van der Waals surface area contributed by atoms with E-state index < -0.39 is 0 Å². The van der Waals surface area contributed by atoms with E-state index in [1.54, 1.807) is 13.3 Å². The molecule has 2 rings (SSSR count). The summed E-state index contributed by atoms with van der Waals surface area (Å²) < 4.78 is 6.25. The maximum Gasteiger partial charge on any atom is 0.152 e. The van der Waals surface area contributed by atoms with Crippen molar-refractivity contribution in [3.05, 3.63) is 51.2 Å². The largest absolute Gasteiger partial charge is 0.497 e. The van der Waals surface area contributed by atoms with Gasteiger partial charge in [0.2, 0.25) is 0 Å². The first-order valence-electron chi connectivity index (χ1n) is 5.79. The minimum atomic E-state index is 0.485. The zero-order valence-corrected chi connectivity index (χ0v) is 13.0. The highest BCUT2D eigenvalue weighted by Crippen LogP contribution is 2.26. The molecule has 1 N–H and O–H groups in total. The van der Waals surface area contributed by atoms with Gasteiger partial charge in [-0.3, -0.25) is 0 Å². The molecule has 0 aliphatic carbocycles. The Morgan fingerprint density at radius 3 is 2.84 bits per heavy atom. The Labute approximate surface area is 126 Å². The lowest BCUT2D eigenvalue weighted by molar-refractivity contribution is 0.414. The average molecular weight is 342 g/mol. The van der Waals surface area contributed by atoms with Crippen LogP contribution >= 0.6 is 27.5 Å². The quantitative estimate of drug-likeness (QED) is 0.836. The Balaban J connectivity index is 2.19. The van der Waals surface area contributed by atoms with Crippen molar-refractivity contribution in [1.29, 1.82) is 0 Å². The summed E-state index contributed by atoms with van der Waals surface area (Å²) >= 11 is 9.61. The van der Waals surface area contributed by atoms with Crippen LogP contribution in [0.1, 0.15) is 11.1 Å². The van der Waals surface area contributed by atoms with Crippen molar-refractivity contribution in [1.82, 2.24) is 4.98 Å². The Morgan fingerprint density at radius 1 is 1.37 bits per heavy atom. The van der Waals surface area contributed by atoms with Crippen LogP contribution in [0.2, 0.25) is 5.15 Å². The maximum absolute atomic E-state index is 6.08. The third kappa shape index (κ3) is 3.39. The number of halogens is 2. The van der Waals surface area contributed by atoms with Crippen molar-refractivity contribution in [3.63, 3.8) is 0 Å². The van der Waals surface area contributed by atoms with Crippen LogP contribution in [0.4, 0.5) is 5.69 Å². The highest BCUT2D eigenvalue weighted by molar-refractivity contribution is 9.10. The summed E-state index contributed by atoms with van der Waals surface area (Å²) in [5, 5.41) is 3.79. The van der Waals surface area contributed by atoms with Gasteiger partial charge in [0.05, 0.1) is 12.8 Å². The smallest absolute Gasteiger partial charge is 0.152 e. The van der Waals surface area contributed by atoms with Gasteiger partial charge in [-0.2, -0.15) is 0 Å². The number of aryl methyl sites for hydroxylation is 1. The fourth-order valence-electron chi connectivity index (χ4n) is 1.73. The van der Waals surface area contributed by atoms with E-state index in [0.717, 1.165) is 27.0 Å². The van der Waals surface area contributed by atoms with Crippen LogP contribution in [0, 0.1) is 6.92 Å². The lowest BCUT2D eigenvalue weighted by atomic mass is 10.2. The molecule has 0 bridgehead atoms. The molecule has 0 fully saturated rings. The first-order valence-corrected chi connectivity index (χ1v) is 6.96. The van der Waals surface area contributed by atoms with Gasteiger partial charge in [-0.15, -0.1) is 0 Å². The summed E-state index contributed by atoms with van der Waals surface area (Å²) in [5.41, 5.74) is 3.02. The molecule has 100 valence electrons. The molecule has 5 heteroatoms. The molecule has 0 spiro atoms. The monoisotopic (exact) mass is 340 g/mol. The predicted molar refractivity (Wildman–Crippen MR) is 82.0 cm³/mol. The van der Waals surface area contributed by atoms with Gasteiger partial charge in [-0.05, 0) is 42.3 Å². The average Bonchev–Trinajstić information content (AvgIpc) is 2.40. The number of ether oxygens (including phenoxy) is 1. The zero-order chi connectivity index (χ0) is 13.8. The molecule has 1 aromatic heterocycles. The summed E-state index contributed by atoms with van der Waals surface area (Å²) in [6.07, 6.45) is 1.70. The maximum atomic E-state index is 6.08. The zero-order valence-electron chi connectivity index (χ0n) is 10.7. The molecule has 3 nitrogen and oxygen atoms in total. The van der Waals surface area contributed by atoms with Gasteiger partial charge in [0.15, 0.2) is 5.15 Å². The molecule has 1 aromatic carbocycles. The van der Waals surface area contributed by atoms with Crippen LogP contribution in [0.25, 0.3) is 0 Å². The van der Waals surface area contributed by atoms with Gasteiger partial charge < -0.3 is 10.1 Å². The first-order chi connectivity index (χ1) is 9.11. The van der Waals surface area contributed by atoms with Gasteiger partial charge in [-0.25, -0.2) is 4.98 Å². The summed E-state index contributed by atoms with van der Waals surface area (Å²) in [6.45, 7) is 2.64. The number of pyridine rings is 1. The fourth-order valence-corrected chi connectivity index (χ4v) is 2.39. The van der Waals surface area contributed by atoms with Crippen molar-refractivity contribution >= 4 is 33.2 Å². The number of nitrogens with one attached hydrogen (secondary N) is 1. The number of nitrogens with zero attached hydrogens (tertiary/aromatic N) is 1. The van der Waals surface area contributed by atoms with E-state index in [-0.39, 0.29) is 0 Å². The van der Waals surface area contributed by atoms with Crippen LogP contribution in [-0.2, 0) is 6.54 Å². The molecule has 0 amide bonds. The minimum absolute atomic E-state index is 0.485. The minimum Gasteiger partial charge on any atom is -0.497 e. The van der Waals surface area contributed by atoms with Gasteiger partial charge in [0, 0.05) is 17.2 Å². The number of benzene rings is 1. The topological polar surface area (TPSA) is 34.1 Å². The summed E-state index contributed by atoms with van der Waals surface area (Å²) in [4.78, 5) is 4.07. The molecule has 0 unspecified atom stereocenters. The molecule has 0 aliphatic rings. The first kappa shape index (κ1) is 14.2. The van der Waals surface area contributed by atoms with Crippen molar-refractivity contribution in [3.8, 4) is 5.75 Å². The molecule has 0 aliphatic heterocycles. The van der Waals surface area contributed by atoms with Crippen LogP contribution in [0.15, 0.2) is 34.9 Å². The molecule has 0 radical (unpaired) electrons. The third-order valence-corrected chi connectivity index (χ3v) is 3.88. The molecular weight excluding hydrogens is 328 g/mol. The highest BCUT2D eigenvalue weighted by atomic mass is 79.9. The number of anilines is 1. The van der Waals surface area contributed by atoms with E-state index in [0.29, 0.717) is 11.7 Å². The Hall–Kier alpha value is -1.26. The predicted octanol–water partition coefficient (Wildman–Crippen LogP) is 4.43. The number of aromatic nitrogens is 1. The lowest BCUT2D eigenvalue weighted by Crippen LogP contribution is -2.03.